The molecule has 0 saturated heterocycles. The minimum absolute atomic E-state index is 0.0759. The van der Waals surface area contributed by atoms with Gasteiger partial charge in [-0.05, 0) is 32.9 Å². The van der Waals surface area contributed by atoms with Gasteiger partial charge in [-0.3, -0.25) is 4.40 Å². The van der Waals surface area contributed by atoms with Crippen molar-refractivity contribution in [3.63, 3.8) is 0 Å². The lowest BCUT2D eigenvalue weighted by atomic mass is 10.2. The molecule has 0 aliphatic rings. The largest absolute Gasteiger partial charge is 0.375 e. The lowest BCUT2D eigenvalue weighted by molar-refractivity contribution is 0.00693. The highest BCUT2D eigenvalue weighted by Crippen LogP contribution is 2.17. The molecule has 2 aromatic rings. The molecule has 2 heterocycles. The van der Waals surface area contributed by atoms with E-state index in [9.17, 15) is 0 Å². The van der Waals surface area contributed by atoms with Crippen molar-refractivity contribution in [2.45, 2.75) is 31.5 Å². The van der Waals surface area contributed by atoms with Crippen molar-refractivity contribution >= 4 is 17.4 Å². The average molecular weight is 251 g/mol. The lowest BCUT2D eigenvalue weighted by Gasteiger charge is -2.18. The topological polar surface area (TPSA) is 39.4 Å². The number of ether oxygens (including phenoxy) is 1. The minimum atomic E-state index is -0.0759. The molecule has 0 spiro atoms. The first-order valence-electron chi connectivity index (χ1n) is 5.63. The first-order chi connectivity index (χ1) is 8.06. The molecule has 0 saturated carbocycles. The molecule has 0 unspecified atom stereocenters. The number of hydrogen-bond donors (Lipinski definition) is 0. The van der Waals surface area contributed by atoms with Crippen molar-refractivity contribution in [3.8, 4) is 0 Å². The van der Waals surface area contributed by atoms with Crippen molar-refractivity contribution in [2.24, 2.45) is 0 Å². The molecule has 2 aromatic heterocycles. The molecule has 2 rings (SSSR count). The Morgan fingerprint density at radius 2 is 2.12 bits per heavy atom. The van der Waals surface area contributed by atoms with E-state index in [1.165, 1.54) is 0 Å². The highest BCUT2D eigenvalue weighted by Gasteiger charge is 2.10. The zero-order valence-corrected chi connectivity index (χ0v) is 11.2. The normalized spacial score (nSPS) is 12.2. The van der Waals surface area contributed by atoms with Crippen LogP contribution in [0, 0.1) is 0 Å². The van der Waals surface area contributed by atoms with E-state index in [4.69, 9.17) is 4.74 Å². The van der Waals surface area contributed by atoms with E-state index in [-0.39, 0.29) is 5.60 Å². The minimum Gasteiger partial charge on any atom is -0.375 e. The predicted octanol–water partition coefficient (Wildman–Crippen LogP) is 2.64. The van der Waals surface area contributed by atoms with Gasteiger partial charge in [-0.25, -0.2) is 0 Å². The lowest BCUT2D eigenvalue weighted by Crippen LogP contribution is -2.20. The van der Waals surface area contributed by atoms with Gasteiger partial charge in [-0.15, -0.1) is 10.2 Å². The standard InChI is InChI=1S/C12H17N3OS/c1-12(2,3)16-8-9-17-11-14-13-10-6-4-5-7-15(10)11/h4-7H,8-9H2,1-3H3. The highest BCUT2D eigenvalue weighted by molar-refractivity contribution is 7.99. The van der Waals surface area contributed by atoms with Gasteiger partial charge in [0.2, 0.25) is 0 Å². The van der Waals surface area contributed by atoms with Crippen molar-refractivity contribution in [3.05, 3.63) is 24.4 Å². The fourth-order valence-electron chi connectivity index (χ4n) is 1.40. The second-order valence-corrected chi connectivity index (χ2v) is 5.78. The van der Waals surface area contributed by atoms with Crippen LogP contribution in [0.2, 0.25) is 0 Å². The van der Waals surface area contributed by atoms with E-state index < -0.39 is 0 Å². The second-order valence-electron chi connectivity index (χ2n) is 4.72. The number of pyridine rings is 1. The van der Waals surface area contributed by atoms with Crippen molar-refractivity contribution < 1.29 is 4.74 Å². The summed E-state index contributed by atoms with van der Waals surface area (Å²) in [5, 5.41) is 9.16. The molecule has 0 N–H and O–H groups in total. The summed E-state index contributed by atoms with van der Waals surface area (Å²) in [7, 11) is 0. The van der Waals surface area contributed by atoms with Crippen LogP contribution < -0.4 is 0 Å². The van der Waals surface area contributed by atoms with Crippen LogP contribution >= 0.6 is 11.8 Å². The summed E-state index contributed by atoms with van der Waals surface area (Å²) in [4.78, 5) is 0. The molecule has 0 aromatic carbocycles. The predicted molar refractivity (Wildman–Crippen MR) is 69.4 cm³/mol. The molecule has 0 bridgehead atoms. The second kappa shape index (κ2) is 5.06. The summed E-state index contributed by atoms with van der Waals surface area (Å²) in [5.74, 6) is 0.882. The summed E-state index contributed by atoms with van der Waals surface area (Å²) >= 11 is 1.66. The van der Waals surface area contributed by atoms with Crippen LogP contribution in [0.15, 0.2) is 29.6 Å². The van der Waals surface area contributed by atoms with Crippen LogP contribution in [0.25, 0.3) is 5.65 Å². The van der Waals surface area contributed by atoms with Crippen LogP contribution in [-0.2, 0) is 4.74 Å². The molecule has 4 nitrogen and oxygen atoms in total. The Morgan fingerprint density at radius 1 is 1.29 bits per heavy atom. The fraction of sp³-hybridized carbons (Fsp3) is 0.500. The van der Waals surface area contributed by atoms with Gasteiger partial charge < -0.3 is 4.74 Å². The summed E-state index contributed by atoms with van der Waals surface area (Å²) in [6.45, 7) is 6.90. The maximum Gasteiger partial charge on any atom is 0.195 e. The van der Waals surface area contributed by atoms with E-state index in [1.54, 1.807) is 11.8 Å². The van der Waals surface area contributed by atoms with Gasteiger partial charge in [0.15, 0.2) is 10.8 Å². The van der Waals surface area contributed by atoms with Gasteiger partial charge in [0.05, 0.1) is 12.2 Å². The summed E-state index contributed by atoms with van der Waals surface area (Å²) < 4.78 is 7.65. The highest BCUT2D eigenvalue weighted by atomic mass is 32.2. The molecule has 0 amide bonds. The monoisotopic (exact) mass is 251 g/mol. The Labute approximate surface area is 105 Å². The molecule has 0 aliphatic heterocycles. The third-order valence-electron chi connectivity index (χ3n) is 2.13. The van der Waals surface area contributed by atoms with E-state index in [2.05, 4.69) is 31.0 Å². The Hall–Kier alpha value is -1.07. The van der Waals surface area contributed by atoms with Gasteiger partial charge >= 0.3 is 0 Å². The van der Waals surface area contributed by atoms with Crippen LogP contribution in [0.1, 0.15) is 20.8 Å². The van der Waals surface area contributed by atoms with Crippen LogP contribution in [0.4, 0.5) is 0 Å². The molecule has 0 aliphatic carbocycles. The number of aromatic nitrogens is 3. The fourth-order valence-corrected chi connectivity index (χ4v) is 2.14. The Kier molecular flexibility index (Phi) is 3.69. The van der Waals surface area contributed by atoms with Gasteiger partial charge in [0.1, 0.15) is 0 Å². The smallest absolute Gasteiger partial charge is 0.195 e. The molecular formula is C12H17N3OS. The van der Waals surface area contributed by atoms with Crippen LogP contribution in [0.5, 0.6) is 0 Å². The summed E-state index contributed by atoms with van der Waals surface area (Å²) in [6, 6.07) is 5.88. The SMILES string of the molecule is CC(C)(C)OCCSc1nnc2ccccn12. The number of nitrogens with zero attached hydrogens (tertiary/aromatic N) is 3. The maximum atomic E-state index is 5.66. The third-order valence-corrected chi connectivity index (χ3v) is 3.04. The van der Waals surface area contributed by atoms with E-state index in [0.717, 1.165) is 23.2 Å². The first kappa shape index (κ1) is 12.4. The Balaban J connectivity index is 1.91. The molecular weight excluding hydrogens is 234 g/mol. The summed E-state index contributed by atoms with van der Waals surface area (Å²) in [5.41, 5.74) is 0.805. The van der Waals surface area contributed by atoms with E-state index >= 15 is 0 Å². The number of thioether (sulfide) groups is 1. The Morgan fingerprint density at radius 3 is 2.88 bits per heavy atom. The van der Waals surface area contributed by atoms with Crippen molar-refractivity contribution in [1.29, 1.82) is 0 Å². The molecule has 0 atom stereocenters. The van der Waals surface area contributed by atoms with Gasteiger partial charge in [-0.1, -0.05) is 17.8 Å². The van der Waals surface area contributed by atoms with Gasteiger partial charge in [-0.2, -0.15) is 0 Å². The maximum absolute atomic E-state index is 5.66. The zero-order valence-electron chi connectivity index (χ0n) is 10.4. The van der Waals surface area contributed by atoms with Crippen LogP contribution in [0.3, 0.4) is 0 Å². The molecule has 92 valence electrons. The number of fused-ring (bicyclic) bond motifs is 1. The zero-order chi connectivity index (χ0) is 12.3. The van der Waals surface area contributed by atoms with Crippen molar-refractivity contribution in [1.82, 2.24) is 14.6 Å². The van der Waals surface area contributed by atoms with Gasteiger partial charge in [0, 0.05) is 11.9 Å². The van der Waals surface area contributed by atoms with Crippen molar-refractivity contribution in [2.75, 3.05) is 12.4 Å². The molecule has 0 fully saturated rings. The summed E-state index contributed by atoms with van der Waals surface area (Å²) in [6.07, 6.45) is 1.97. The third kappa shape index (κ3) is 3.44. The first-order valence-corrected chi connectivity index (χ1v) is 6.61. The molecule has 17 heavy (non-hydrogen) atoms. The average Bonchev–Trinajstić information content (AvgIpc) is 2.67. The number of rotatable bonds is 4. The van der Waals surface area contributed by atoms with E-state index in [1.807, 2.05) is 28.8 Å². The number of hydrogen-bond acceptors (Lipinski definition) is 4. The molecule has 5 heteroatoms. The van der Waals surface area contributed by atoms with E-state index in [0.29, 0.717) is 0 Å². The van der Waals surface area contributed by atoms with Gasteiger partial charge in [0.25, 0.3) is 0 Å². The Bertz CT molecular complexity index is 490. The quantitative estimate of drug-likeness (QED) is 0.618. The molecule has 0 radical (unpaired) electrons. The van der Waals surface area contributed by atoms with Crippen LogP contribution in [-0.4, -0.2) is 32.6 Å².